The number of hydrogen-bond acceptors (Lipinski definition) is 7. The SMILES string of the molecule is O=C=NCCCCCCNCC(O)Nc1ncn[nH]1. The number of nitrogens with one attached hydrogen (secondary N) is 3. The van der Waals surface area contributed by atoms with Crippen LogP contribution in [0, 0.1) is 0 Å². The molecule has 0 amide bonds. The molecule has 19 heavy (non-hydrogen) atoms. The first-order chi connectivity index (χ1) is 9.33. The predicted molar refractivity (Wildman–Crippen MR) is 70.3 cm³/mol. The molecule has 0 bridgehead atoms. The number of aromatic amines is 1. The topological polar surface area (TPSA) is 115 Å². The molecule has 4 N–H and O–H groups in total. The van der Waals surface area contributed by atoms with Gasteiger partial charge in [0.25, 0.3) is 0 Å². The van der Waals surface area contributed by atoms with Crippen LogP contribution in [-0.2, 0) is 4.79 Å². The van der Waals surface area contributed by atoms with Gasteiger partial charge in [0.1, 0.15) is 12.6 Å². The van der Waals surface area contributed by atoms with E-state index in [2.05, 4.69) is 30.8 Å². The molecule has 1 unspecified atom stereocenters. The summed E-state index contributed by atoms with van der Waals surface area (Å²) < 4.78 is 0. The second-order valence-corrected chi connectivity index (χ2v) is 4.09. The third kappa shape index (κ3) is 8.04. The molecule has 1 heterocycles. The van der Waals surface area contributed by atoms with Gasteiger partial charge in [0.05, 0.1) is 6.54 Å². The number of aliphatic imine (C=N–C) groups is 1. The lowest BCUT2D eigenvalue weighted by Gasteiger charge is -2.12. The van der Waals surface area contributed by atoms with E-state index in [0.29, 0.717) is 19.0 Å². The lowest BCUT2D eigenvalue weighted by molar-refractivity contribution is 0.198. The molecule has 0 aliphatic rings. The van der Waals surface area contributed by atoms with Crippen LogP contribution < -0.4 is 10.6 Å². The fourth-order valence-electron chi connectivity index (χ4n) is 1.56. The minimum atomic E-state index is -0.699. The number of carbonyl (C=O) groups excluding carboxylic acids is 1. The van der Waals surface area contributed by atoms with Crippen molar-refractivity contribution in [3.63, 3.8) is 0 Å². The van der Waals surface area contributed by atoms with Crippen LogP contribution in [0.3, 0.4) is 0 Å². The van der Waals surface area contributed by atoms with Crippen LogP contribution in [0.15, 0.2) is 11.3 Å². The van der Waals surface area contributed by atoms with Crippen LogP contribution in [0.5, 0.6) is 0 Å². The number of isocyanates is 1. The van der Waals surface area contributed by atoms with Crippen LogP contribution in [0.4, 0.5) is 5.95 Å². The maximum atomic E-state index is 9.81. The Bertz CT molecular complexity index is 363. The van der Waals surface area contributed by atoms with E-state index in [-0.39, 0.29) is 0 Å². The molecule has 0 aliphatic carbocycles. The van der Waals surface area contributed by atoms with E-state index in [0.717, 1.165) is 32.2 Å². The Morgan fingerprint density at radius 3 is 3.00 bits per heavy atom. The molecule has 0 saturated carbocycles. The standard InChI is InChI=1S/C11H20N6O2/c18-9-13-6-4-2-1-3-5-12-7-10(19)16-11-14-8-15-17-11/h8,10,12,19H,1-7H2,(H2,14,15,16,17). The van der Waals surface area contributed by atoms with Crippen molar-refractivity contribution in [1.82, 2.24) is 20.5 Å². The molecule has 1 atom stereocenters. The Morgan fingerprint density at radius 1 is 1.42 bits per heavy atom. The van der Waals surface area contributed by atoms with E-state index >= 15 is 0 Å². The zero-order chi connectivity index (χ0) is 13.8. The van der Waals surface area contributed by atoms with Crippen LogP contribution in [0.1, 0.15) is 25.7 Å². The normalized spacial score (nSPS) is 11.8. The average molecular weight is 268 g/mol. The van der Waals surface area contributed by atoms with Crippen LogP contribution in [0.25, 0.3) is 0 Å². The van der Waals surface area contributed by atoms with E-state index in [1.165, 1.54) is 12.4 Å². The Kier molecular flexibility index (Phi) is 8.20. The highest BCUT2D eigenvalue weighted by molar-refractivity contribution is 5.32. The zero-order valence-electron chi connectivity index (χ0n) is 10.8. The van der Waals surface area contributed by atoms with Gasteiger partial charge in [-0.25, -0.2) is 14.9 Å². The molecule has 1 aromatic heterocycles. The summed E-state index contributed by atoms with van der Waals surface area (Å²) >= 11 is 0. The number of aromatic nitrogens is 3. The number of hydrogen-bond donors (Lipinski definition) is 4. The van der Waals surface area contributed by atoms with Crippen LogP contribution in [0.2, 0.25) is 0 Å². The molecule has 0 radical (unpaired) electrons. The average Bonchev–Trinajstić information content (AvgIpc) is 2.89. The van der Waals surface area contributed by atoms with Gasteiger partial charge in [-0.05, 0) is 19.4 Å². The second kappa shape index (κ2) is 10.2. The summed E-state index contributed by atoms with van der Waals surface area (Å²) in [5, 5.41) is 21.8. The molecule has 8 nitrogen and oxygen atoms in total. The monoisotopic (exact) mass is 268 g/mol. The van der Waals surface area contributed by atoms with Crippen molar-refractivity contribution in [3.8, 4) is 0 Å². The second-order valence-electron chi connectivity index (χ2n) is 4.09. The van der Waals surface area contributed by atoms with Crippen LogP contribution in [-0.4, -0.2) is 52.2 Å². The smallest absolute Gasteiger partial charge is 0.234 e. The van der Waals surface area contributed by atoms with Gasteiger partial charge in [0, 0.05) is 6.54 Å². The molecule has 0 saturated heterocycles. The number of rotatable bonds is 11. The zero-order valence-corrected chi connectivity index (χ0v) is 10.8. The lowest BCUT2D eigenvalue weighted by Crippen LogP contribution is -2.33. The third-order valence-corrected chi connectivity index (χ3v) is 2.49. The summed E-state index contributed by atoms with van der Waals surface area (Å²) in [7, 11) is 0. The maximum absolute atomic E-state index is 9.81. The Balaban J connectivity index is 1.88. The highest BCUT2D eigenvalue weighted by Crippen LogP contribution is 1.99. The highest BCUT2D eigenvalue weighted by atomic mass is 16.3. The number of aliphatic hydroxyl groups excluding tert-OH is 1. The molecule has 1 aromatic rings. The first kappa shape index (κ1) is 15.3. The number of aliphatic hydroxyl groups is 1. The molecule has 0 spiro atoms. The summed E-state index contributed by atoms with van der Waals surface area (Å²) in [4.78, 5) is 17.2. The summed E-state index contributed by atoms with van der Waals surface area (Å²) in [5.74, 6) is 0.449. The molecule has 0 aliphatic heterocycles. The highest BCUT2D eigenvalue weighted by Gasteiger charge is 2.04. The van der Waals surface area contributed by atoms with Gasteiger partial charge in [-0.15, -0.1) is 0 Å². The largest absolute Gasteiger partial charge is 0.372 e. The van der Waals surface area contributed by atoms with E-state index < -0.39 is 6.23 Å². The molecular formula is C11H20N6O2. The quantitative estimate of drug-likeness (QED) is 0.195. The predicted octanol–water partition coefficient (Wildman–Crippen LogP) is 0.0208. The molecular weight excluding hydrogens is 248 g/mol. The molecule has 1 rings (SSSR count). The molecule has 0 aromatic carbocycles. The van der Waals surface area contributed by atoms with Gasteiger partial charge in [-0.1, -0.05) is 12.8 Å². The van der Waals surface area contributed by atoms with Crippen molar-refractivity contribution < 1.29 is 9.90 Å². The minimum absolute atomic E-state index is 0.441. The Labute approximate surface area is 111 Å². The van der Waals surface area contributed by atoms with Crippen molar-refractivity contribution in [2.45, 2.75) is 31.9 Å². The fraction of sp³-hybridized carbons (Fsp3) is 0.727. The van der Waals surface area contributed by atoms with Crippen molar-refractivity contribution in [3.05, 3.63) is 6.33 Å². The summed E-state index contributed by atoms with van der Waals surface area (Å²) in [6.07, 6.45) is 6.27. The molecule has 106 valence electrons. The minimum Gasteiger partial charge on any atom is -0.372 e. The van der Waals surface area contributed by atoms with E-state index in [1.54, 1.807) is 0 Å². The van der Waals surface area contributed by atoms with E-state index in [9.17, 15) is 9.90 Å². The van der Waals surface area contributed by atoms with Gasteiger partial charge in [0.2, 0.25) is 12.0 Å². The van der Waals surface area contributed by atoms with Crippen molar-refractivity contribution in [2.24, 2.45) is 4.99 Å². The first-order valence-corrected chi connectivity index (χ1v) is 6.37. The van der Waals surface area contributed by atoms with Crippen molar-refractivity contribution in [1.29, 1.82) is 0 Å². The third-order valence-electron chi connectivity index (χ3n) is 2.49. The fourth-order valence-corrected chi connectivity index (χ4v) is 1.56. The maximum Gasteiger partial charge on any atom is 0.234 e. The summed E-state index contributed by atoms with van der Waals surface area (Å²) in [6.45, 7) is 1.85. The van der Waals surface area contributed by atoms with Crippen molar-refractivity contribution in [2.75, 3.05) is 25.0 Å². The van der Waals surface area contributed by atoms with Crippen molar-refractivity contribution >= 4 is 12.0 Å². The number of anilines is 1. The Morgan fingerprint density at radius 2 is 2.26 bits per heavy atom. The molecule has 8 heteroatoms. The van der Waals surface area contributed by atoms with Crippen LogP contribution >= 0.6 is 0 Å². The van der Waals surface area contributed by atoms with Gasteiger partial charge >= 0.3 is 0 Å². The number of nitrogens with zero attached hydrogens (tertiary/aromatic N) is 3. The van der Waals surface area contributed by atoms with E-state index in [1.807, 2.05) is 0 Å². The Hall–Kier alpha value is -1.76. The summed E-state index contributed by atoms with van der Waals surface area (Å²) in [5.41, 5.74) is 0. The van der Waals surface area contributed by atoms with Gasteiger partial charge < -0.3 is 15.7 Å². The van der Waals surface area contributed by atoms with Gasteiger partial charge in [-0.2, -0.15) is 10.1 Å². The van der Waals surface area contributed by atoms with E-state index in [4.69, 9.17) is 0 Å². The molecule has 0 fully saturated rings. The first-order valence-electron chi connectivity index (χ1n) is 6.37. The summed E-state index contributed by atoms with van der Waals surface area (Å²) in [6, 6.07) is 0. The lowest BCUT2D eigenvalue weighted by atomic mass is 10.2. The van der Waals surface area contributed by atoms with Gasteiger partial charge in [-0.3, -0.25) is 0 Å². The number of H-pyrrole nitrogens is 1. The van der Waals surface area contributed by atoms with Gasteiger partial charge in [0.15, 0.2) is 0 Å². The number of unbranched alkanes of at least 4 members (excludes halogenated alkanes) is 3.